The molecule has 0 rings (SSSR count). The van der Waals surface area contributed by atoms with Crippen LogP contribution in [0.25, 0.3) is 0 Å². The molecule has 2 atom stereocenters. The molecule has 2 amide bonds. The van der Waals surface area contributed by atoms with Crippen molar-refractivity contribution in [3.05, 3.63) is 0 Å². The lowest BCUT2D eigenvalue weighted by Gasteiger charge is -2.16. The van der Waals surface area contributed by atoms with Gasteiger partial charge in [0.05, 0.1) is 6.10 Å². The van der Waals surface area contributed by atoms with Crippen LogP contribution in [0.2, 0.25) is 0 Å². The first-order valence-electron chi connectivity index (χ1n) is 5.89. The third-order valence-electron chi connectivity index (χ3n) is 2.22. The minimum atomic E-state index is -1.02. The van der Waals surface area contributed by atoms with E-state index >= 15 is 0 Å². The van der Waals surface area contributed by atoms with Gasteiger partial charge in [-0.2, -0.15) is 11.8 Å². The van der Waals surface area contributed by atoms with Gasteiger partial charge >= 0.3 is 12.0 Å². The van der Waals surface area contributed by atoms with E-state index in [-0.39, 0.29) is 6.10 Å². The van der Waals surface area contributed by atoms with Crippen LogP contribution in [0, 0.1) is 0 Å². The zero-order valence-corrected chi connectivity index (χ0v) is 11.9. The second-order valence-electron chi connectivity index (χ2n) is 3.79. The topological polar surface area (TPSA) is 87.7 Å². The first-order chi connectivity index (χ1) is 8.51. The van der Waals surface area contributed by atoms with Crippen LogP contribution in [-0.2, 0) is 9.53 Å². The van der Waals surface area contributed by atoms with Crippen LogP contribution >= 0.6 is 11.8 Å². The van der Waals surface area contributed by atoms with E-state index in [1.165, 1.54) is 0 Å². The van der Waals surface area contributed by atoms with Crippen LogP contribution in [0.4, 0.5) is 4.79 Å². The Morgan fingerprint density at radius 3 is 2.61 bits per heavy atom. The van der Waals surface area contributed by atoms with Crippen LogP contribution in [-0.4, -0.2) is 54.4 Å². The SMILES string of the molecule is CCOC(C)CNC(=O)N[C@@H](CCSC)C(=O)O. The summed E-state index contributed by atoms with van der Waals surface area (Å²) in [5.74, 6) is -0.330. The predicted octanol–water partition coefficient (Wildman–Crippen LogP) is 0.917. The lowest BCUT2D eigenvalue weighted by Crippen LogP contribution is -2.47. The highest BCUT2D eigenvalue weighted by atomic mass is 32.2. The van der Waals surface area contributed by atoms with Gasteiger partial charge in [0.1, 0.15) is 6.04 Å². The lowest BCUT2D eigenvalue weighted by atomic mass is 10.2. The van der Waals surface area contributed by atoms with Gasteiger partial charge in [-0.25, -0.2) is 9.59 Å². The second-order valence-corrected chi connectivity index (χ2v) is 4.78. The van der Waals surface area contributed by atoms with Gasteiger partial charge < -0.3 is 20.5 Å². The predicted molar refractivity (Wildman–Crippen MR) is 72.0 cm³/mol. The highest BCUT2D eigenvalue weighted by Crippen LogP contribution is 2.00. The minimum absolute atomic E-state index is 0.0878. The molecule has 0 aliphatic carbocycles. The van der Waals surface area contributed by atoms with Crippen LogP contribution in [0.1, 0.15) is 20.3 Å². The molecule has 0 aromatic rings. The Hall–Kier alpha value is -0.950. The molecule has 6 nitrogen and oxygen atoms in total. The number of carbonyl (C=O) groups excluding carboxylic acids is 1. The normalized spacial score (nSPS) is 13.7. The lowest BCUT2D eigenvalue weighted by molar-refractivity contribution is -0.139. The largest absolute Gasteiger partial charge is 0.480 e. The number of nitrogens with one attached hydrogen (secondary N) is 2. The van der Waals surface area contributed by atoms with Crippen molar-refractivity contribution >= 4 is 23.8 Å². The molecule has 0 heterocycles. The van der Waals surface area contributed by atoms with Gasteiger partial charge in [-0.15, -0.1) is 0 Å². The van der Waals surface area contributed by atoms with Crippen LogP contribution in [0.3, 0.4) is 0 Å². The van der Waals surface area contributed by atoms with Crippen LogP contribution in [0.5, 0.6) is 0 Å². The maximum Gasteiger partial charge on any atom is 0.326 e. The number of hydrogen-bond donors (Lipinski definition) is 3. The Labute approximate surface area is 112 Å². The van der Waals surface area contributed by atoms with Gasteiger partial charge in [0.2, 0.25) is 0 Å². The first-order valence-corrected chi connectivity index (χ1v) is 7.28. The molecule has 0 radical (unpaired) electrons. The summed E-state index contributed by atoms with van der Waals surface area (Å²) in [5.41, 5.74) is 0. The molecule has 0 spiro atoms. The van der Waals surface area contributed by atoms with E-state index in [1.54, 1.807) is 11.8 Å². The smallest absolute Gasteiger partial charge is 0.326 e. The quantitative estimate of drug-likeness (QED) is 0.583. The zero-order chi connectivity index (χ0) is 14.0. The Balaban J connectivity index is 3.98. The molecule has 3 N–H and O–H groups in total. The van der Waals surface area contributed by atoms with E-state index < -0.39 is 18.0 Å². The number of ether oxygens (including phenoxy) is 1. The van der Waals surface area contributed by atoms with Gasteiger partial charge in [-0.05, 0) is 32.3 Å². The Morgan fingerprint density at radius 1 is 1.44 bits per heavy atom. The van der Waals surface area contributed by atoms with E-state index in [9.17, 15) is 9.59 Å². The minimum Gasteiger partial charge on any atom is -0.480 e. The van der Waals surface area contributed by atoms with Crippen molar-refractivity contribution in [2.45, 2.75) is 32.4 Å². The van der Waals surface area contributed by atoms with Crippen molar-refractivity contribution < 1.29 is 19.4 Å². The monoisotopic (exact) mass is 278 g/mol. The maximum absolute atomic E-state index is 11.5. The Bertz CT molecular complexity index is 263. The van der Waals surface area contributed by atoms with Crippen molar-refractivity contribution in [2.24, 2.45) is 0 Å². The van der Waals surface area contributed by atoms with E-state index in [0.717, 1.165) is 0 Å². The molecule has 0 bridgehead atoms. The molecular weight excluding hydrogens is 256 g/mol. The van der Waals surface area contributed by atoms with Gasteiger partial charge in [-0.3, -0.25) is 0 Å². The van der Waals surface area contributed by atoms with Gasteiger partial charge in [0.15, 0.2) is 0 Å². The van der Waals surface area contributed by atoms with E-state index in [1.807, 2.05) is 20.1 Å². The van der Waals surface area contributed by atoms with Crippen LogP contribution < -0.4 is 10.6 Å². The summed E-state index contributed by atoms with van der Waals surface area (Å²) < 4.78 is 5.25. The fourth-order valence-electron chi connectivity index (χ4n) is 1.28. The number of rotatable bonds is 9. The van der Waals surface area contributed by atoms with Gasteiger partial charge in [0.25, 0.3) is 0 Å². The Kier molecular flexibility index (Phi) is 9.49. The molecule has 0 aliphatic heterocycles. The highest BCUT2D eigenvalue weighted by Gasteiger charge is 2.19. The average Bonchev–Trinajstić information content (AvgIpc) is 2.32. The summed E-state index contributed by atoms with van der Waals surface area (Å²) in [6, 6.07) is -1.32. The standard InChI is InChI=1S/C11H22N2O4S/c1-4-17-8(2)7-12-11(16)13-9(10(14)15)5-6-18-3/h8-9H,4-7H2,1-3H3,(H,14,15)(H2,12,13,16)/t8?,9-/m0/s1. The van der Waals surface area contributed by atoms with Crippen molar-refractivity contribution in [1.29, 1.82) is 0 Å². The number of urea groups is 1. The summed E-state index contributed by atoms with van der Waals surface area (Å²) in [4.78, 5) is 22.4. The third-order valence-corrected chi connectivity index (χ3v) is 2.86. The third kappa shape index (κ3) is 8.19. The van der Waals surface area contributed by atoms with E-state index in [2.05, 4.69) is 10.6 Å². The summed E-state index contributed by atoms with van der Waals surface area (Å²) in [6.07, 6.45) is 2.21. The molecule has 0 aromatic heterocycles. The summed E-state index contributed by atoms with van der Waals surface area (Å²) >= 11 is 1.54. The van der Waals surface area contributed by atoms with E-state index in [0.29, 0.717) is 25.3 Å². The second kappa shape index (κ2) is 10.0. The average molecular weight is 278 g/mol. The van der Waals surface area contributed by atoms with Crippen LogP contribution in [0.15, 0.2) is 0 Å². The summed E-state index contributed by atoms with van der Waals surface area (Å²) in [6.45, 7) is 4.65. The molecule has 0 aromatic carbocycles. The number of carboxylic acid groups (broad SMARTS) is 1. The van der Waals surface area contributed by atoms with E-state index in [4.69, 9.17) is 9.84 Å². The molecule has 7 heteroatoms. The molecule has 106 valence electrons. The van der Waals surface area contributed by atoms with Crippen molar-refractivity contribution in [3.63, 3.8) is 0 Å². The van der Waals surface area contributed by atoms with Gasteiger partial charge in [-0.1, -0.05) is 0 Å². The molecular formula is C11H22N2O4S. The van der Waals surface area contributed by atoms with Crippen molar-refractivity contribution in [2.75, 3.05) is 25.2 Å². The Morgan fingerprint density at radius 2 is 2.11 bits per heavy atom. The number of thioether (sulfide) groups is 1. The summed E-state index contributed by atoms with van der Waals surface area (Å²) in [5, 5.41) is 13.9. The number of carbonyl (C=O) groups is 2. The first kappa shape index (κ1) is 17.1. The van der Waals surface area contributed by atoms with Crippen molar-refractivity contribution in [1.82, 2.24) is 10.6 Å². The molecule has 0 saturated heterocycles. The number of carboxylic acids is 1. The number of aliphatic carboxylic acids is 1. The van der Waals surface area contributed by atoms with Crippen molar-refractivity contribution in [3.8, 4) is 0 Å². The molecule has 1 unspecified atom stereocenters. The molecule has 0 saturated carbocycles. The molecule has 0 aliphatic rings. The fraction of sp³-hybridized carbons (Fsp3) is 0.818. The molecule has 18 heavy (non-hydrogen) atoms. The zero-order valence-electron chi connectivity index (χ0n) is 11.1. The molecule has 0 fully saturated rings. The fourth-order valence-corrected chi connectivity index (χ4v) is 1.75. The summed E-state index contributed by atoms with van der Waals surface area (Å²) in [7, 11) is 0. The maximum atomic E-state index is 11.5. The van der Waals surface area contributed by atoms with Gasteiger partial charge in [0, 0.05) is 13.2 Å². The number of hydrogen-bond acceptors (Lipinski definition) is 4. The highest BCUT2D eigenvalue weighted by molar-refractivity contribution is 7.98. The number of amides is 2.